The van der Waals surface area contributed by atoms with Gasteiger partial charge in [-0.15, -0.1) is 0 Å². The number of benzene rings is 2. The maximum Gasteiger partial charge on any atom is 0.338 e. The Morgan fingerprint density at radius 2 is 2.07 bits per heavy atom. The Morgan fingerprint density at radius 1 is 1.19 bits per heavy atom. The van der Waals surface area contributed by atoms with E-state index in [1.807, 2.05) is 37.3 Å². The molecule has 0 spiro atoms. The zero-order valence-electron chi connectivity index (χ0n) is 14.8. The number of hydrogen-bond acceptors (Lipinski definition) is 3. The summed E-state index contributed by atoms with van der Waals surface area (Å²) in [6, 6.07) is 15.6. The van der Waals surface area contributed by atoms with E-state index < -0.39 is 0 Å². The molecule has 136 valence electrons. The summed E-state index contributed by atoms with van der Waals surface area (Å²) in [4.78, 5) is 15.6. The quantitative estimate of drug-likeness (QED) is 0.402. The van der Waals surface area contributed by atoms with Gasteiger partial charge in [-0.2, -0.15) is 11.3 Å². The monoisotopic (exact) mass is 395 g/mol. The maximum atomic E-state index is 12.1. The number of rotatable bonds is 5. The average Bonchev–Trinajstić information content (AvgIpc) is 3.30. The van der Waals surface area contributed by atoms with Gasteiger partial charge in [0.05, 0.1) is 17.9 Å². The second kappa shape index (κ2) is 7.59. The fourth-order valence-corrected chi connectivity index (χ4v) is 4.11. The molecule has 0 unspecified atom stereocenters. The molecule has 0 radical (unpaired) electrons. The number of nitrogens with one attached hydrogen (secondary N) is 1. The topological polar surface area (TPSA) is 42.1 Å². The van der Waals surface area contributed by atoms with Crippen LogP contribution >= 0.6 is 22.9 Å². The minimum absolute atomic E-state index is 0.289. The third-order valence-corrected chi connectivity index (χ3v) is 5.42. The number of hydrogen-bond donors (Lipinski definition) is 1. The van der Waals surface area contributed by atoms with Crippen LogP contribution in [-0.2, 0) is 11.2 Å². The van der Waals surface area contributed by atoms with Crippen molar-refractivity contribution < 1.29 is 9.53 Å². The molecule has 2 aromatic carbocycles. The van der Waals surface area contributed by atoms with Crippen molar-refractivity contribution >= 4 is 39.8 Å². The molecule has 5 heteroatoms. The smallest absolute Gasteiger partial charge is 0.338 e. The third-order valence-electron chi connectivity index (χ3n) is 4.50. The van der Waals surface area contributed by atoms with Crippen LogP contribution in [0.2, 0.25) is 5.02 Å². The van der Waals surface area contributed by atoms with E-state index in [9.17, 15) is 4.79 Å². The normalized spacial score (nSPS) is 11.0. The predicted octanol–water partition coefficient (Wildman–Crippen LogP) is 6.32. The first-order valence-corrected chi connectivity index (χ1v) is 10.1. The van der Waals surface area contributed by atoms with Crippen molar-refractivity contribution in [1.82, 2.24) is 4.98 Å². The SMILES string of the molecule is CCOC(=O)c1cccc(Cc2c(-c3ccsc3)[nH]c3cc(Cl)ccc23)c1. The fourth-order valence-electron chi connectivity index (χ4n) is 3.29. The van der Waals surface area contributed by atoms with Crippen molar-refractivity contribution in [3.63, 3.8) is 0 Å². The van der Waals surface area contributed by atoms with Gasteiger partial charge >= 0.3 is 5.97 Å². The Bertz CT molecular complexity index is 1100. The zero-order chi connectivity index (χ0) is 18.8. The van der Waals surface area contributed by atoms with E-state index in [4.69, 9.17) is 16.3 Å². The number of carbonyl (C=O) groups is 1. The third kappa shape index (κ3) is 3.64. The number of carbonyl (C=O) groups excluding carboxylic acids is 1. The standard InChI is InChI=1S/C22H18ClNO2S/c1-2-26-22(25)15-5-3-4-14(10-15)11-19-18-7-6-17(23)12-20(18)24-21(19)16-8-9-27-13-16/h3-10,12-13,24H,2,11H2,1H3. The molecule has 27 heavy (non-hydrogen) atoms. The highest BCUT2D eigenvalue weighted by Gasteiger charge is 2.15. The molecule has 0 atom stereocenters. The minimum Gasteiger partial charge on any atom is -0.462 e. The molecule has 4 rings (SSSR count). The van der Waals surface area contributed by atoms with Crippen molar-refractivity contribution in [3.05, 3.63) is 81.0 Å². The number of esters is 1. The van der Waals surface area contributed by atoms with Crippen LogP contribution < -0.4 is 0 Å². The van der Waals surface area contributed by atoms with E-state index in [2.05, 4.69) is 27.9 Å². The molecule has 2 aromatic heterocycles. The Balaban J connectivity index is 1.79. The van der Waals surface area contributed by atoms with Gasteiger partial charge < -0.3 is 9.72 Å². The van der Waals surface area contributed by atoms with Crippen LogP contribution in [-0.4, -0.2) is 17.6 Å². The molecule has 0 saturated carbocycles. The van der Waals surface area contributed by atoms with Gasteiger partial charge in [0.1, 0.15) is 0 Å². The van der Waals surface area contributed by atoms with Crippen molar-refractivity contribution in [2.24, 2.45) is 0 Å². The largest absolute Gasteiger partial charge is 0.462 e. The molecule has 0 saturated heterocycles. The highest BCUT2D eigenvalue weighted by atomic mass is 35.5. The highest BCUT2D eigenvalue weighted by molar-refractivity contribution is 7.08. The summed E-state index contributed by atoms with van der Waals surface area (Å²) in [5.41, 5.74) is 6.10. The summed E-state index contributed by atoms with van der Waals surface area (Å²) in [6.45, 7) is 2.18. The lowest BCUT2D eigenvalue weighted by atomic mass is 9.98. The van der Waals surface area contributed by atoms with Crippen LogP contribution in [0.3, 0.4) is 0 Å². The summed E-state index contributed by atoms with van der Waals surface area (Å²) in [5, 5.41) is 6.04. The average molecular weight is 396 g/mol. The number of aromatic amines is 1. The molecule has 0 aliphatic carbocycles. The lowest BCUT2D eigenvalue weighted by molar-refractivity contribution is 0.0526. The summed E-state index contributed by atoms with van der Waals surface area (Å²) in [7, 11) is 0. The van der Waals surface area contributed by atoms with Gasteiger partial charge in [-0.05, 0) is 53.8 Å². The van der Waals surface area contributed by atoms with Gasteiger partial charge in [-0.25, -0.2) is 4.79 Å². The van der Waals surface area contributed by atoms with Gasteiger partial charge in [0, 0.05) is 33.3 Å². The number of thiophene rings is 1. The molecule has 0 amide bonds. The van der Waals surface area contributed by atoms with Crippen molar-refractivity contribution in [2.45, 2.75) is 13.3 Å². The number of aromatic nitrogens is 1. The van der Waals surface area contributed by atoms with Crippen LogP contribution in [0, 0.1) is 0 Å². The molecular formula is C22H18ClNO2S. The van der Waals surface area contributed by atoms with Crippen LogP contribution in [0.15, 0.2) is 59.3 Å². The van der Waals surface area contributed by atoms with E-state index in [0.717, 1.165) is 27.7 Å². The summed E-state index contributed by atoms with van der Waals surface area (Å²) in [6.07, 6.45) is 0.708. The van der Waals surface area contributed by atoms with E-state index in [1.165, 1.54) is 5.56 Å². The Kier molecular flexibility index (Phi) is 5.01. The van der Waals surface area contributed by atoms with Crippen molar-refractivity contribution in [2.75, 3.05) is 6.61 Å². The Morgan fingerprint density at radius 3 is 2.85 bits per heavy atom. The van der Waals surface area contributed by atoms with Gasteiger partial charge in [-0.3, -0.25) is 0 Å². The number of H-pyrrole nitrogens is 1. The number of halogens is 1. The first-order chi connectivity index (χ1) is 13.2. The minimum atomic E-state index is -0.289. The summed E-state index contributed by atoms with van der Waals surface area (Å²) in [5.74, 6) is -0.289. The van der Waals surface area contributed by atoms with Crippen LogP contribution in [0.25, 0.3) is 22.2 Å². The molecule has 0 aliphatic heterocycles. The van der Waals surface area contributed by atoms with Crippen LogP contribution in [0.5, 0.6) is 0 Å². The van der Waals surface area contributed by atoms with Gasteiger partial charge in [0.25, 0.3) is 0 Å². The van der Waals surface area contributed by atoms with Crippen molar-refractivity contribution in [1.29, 1.82) is 0 Å². The van der Waals surface area contributed by atoms with Gasteiger partial charge in [-0.1, -0.05) is 29.8 Å². The Hall–Kier alpha value is -2.56. The number of ether oxygens (including phenoxy) is 1. The molecule has 2 heterocycles. The van der Waals surface area contributed by atoms with Crippen LogP contribution in [0.4, 0.5) is 0 Å². The van der Waals surface area contributed by atoms with Crippen LogP contribution in [0.1, 0.15) is 28.4 Å². The summed E-state index contributed by atoms with van der Waals surface area (Å²) < 4.78 is 5.13. The van der Waals surface area contributed by atoms with Gasteiger partial charge in [0.15, 0.2) is 0 Å². The first-order valence-electron chi connectivity index (χ1n) is 8.74. The summed E-state index contributed by atoms with van der Waals surface area (Å²) >= 11 is 7.85. The first kappa shape index (κ1) is 17.8. The molecular weight excluding hydrogens is 378 g/mol. The second-order valence-electron chi connectivity index (χ2n) is 6.28. The lowest BCUT2D eigenvalue weighted by Crippen LogP contribution is -2.05. The fraction of sp³-hybridized carbons (Fsp3) is 0.136. The van der Waals surface area contributed by atoms with E-state index in [0.29, 0.717) is 23.6 Å². The van der Waals surface area contributed by atoms with E-state index >= 15 is 0 Å². The predicted molar refractivity (Wildman–Crippen MR) is 112 cm³/mol. The molecule has 1 N–H and O–H groups in total. The van der Waals surface area contributed by atoms with E-state index in [1.54, 1.807) is 17.4 Å². The van der Waals surface area contributed by atoms with E-state index in [-0.39, 0.29) is 5.97 Å². The maximum absolute atomic E-state index is 12.1. The molecule has 0 bridgehead atoms. The number of fused-ring (bicyclic) bond motifs is 1. The second-order valence-corrected chi connectivity index (χ2v) is 7.49. The van der Waals surface area contributed by atoms with Gasteiger partial charge in [0.2, 0.25) is 0 Å². The zero-order valence-corrected chi connectivity index (χ0v) is 16.4. The molecule has 0 aliphatic rings. The molecule has 4 aromatic rings. The molecule has 3 nitrogen and oxygen atoms in total. The molecule has 0 fully saturated rings. The Labute approximate surface area is 166 Å². The highest BCUT2D eigenvalue weighted by Crippen LogP contribution is 2.34. The lowest BCUT2D eigenvalue weighted by Gasteiger charge is -2.07. The van der Waals surface area contributed by atoms with Crippen molar-refractivity contribution in [3.8, 4) is 11.3 Å².